The molecule has 1 aromatic carbocycles. The minimum Gasteiger partial charge on any atom is -0.318 e. The van der Waals surface area contributed by atoms with Crippen molar-refractivity contribution in [1.29, 1.82) is 0 Å². The van der Waals surface area contributed by atoms with E-state index in [1.54, 1.807) is 11.3 Å². The van der Waals surface area contributed by atoms with Crippen LogP contribution in [0.25, 0.3) is 0 Å². The Bertz CT molecular complexity index is 474. The second-order valence-electron chi connectivity index (χ2n) is 4.29. The summed E-state index contributed by atoms with van der Waals surface area (Å²) in [4.78, 5) is 4.28. The van der Waals surface area contributed by atoms with Crippen molar-refractivity contribution in [2.75, 3.05) is 0 Å². The molecule has 0 bridgehead atoms. The van der Waals surface area contributed by atoms with Gasteiger partial charge in [-0.3, -0.25) is 0 Å². The summed E-state index contributed by atoms with van der Waals surface area (Å²) >= 11 is 1.62. The second kappa shape index (κ2) is 4.00. The minimum absolute atomic E-state index is 0.0706. The van der Waals surface area contributed by atoms with E-state index in [-0.39, 0.29) is 6.04 Å². The minimum atomic E-state index is -0.0706. The number of benzene rings is 1. The summed E-state index contributed by atoms with van der Waals surface area (Å²) in [7, 11) is 0. The van der Waals surface area contributed by atoms with E-state index < -0.39 is 0 Å². The summed E-state index contributed by atoms with van der Waals surface area (Å²) < 4.78 is 0. The highest BCUT2D eigenvalue weighted by Crippen LogP contribution is 2.40. The molecule has 1 aliphatic carbocycles. The van der Waals surface area contributed by atoms with Gasteiger partial charge in [-0.15, -0.1) is 11.3 Å². The molecule has 0 radical (unpaired) electrons. The summed E-state index contributed by atoms with van der Waals surface area (Å²) in [6.07, 6.45) is 4.47. The molecular weight excluding hydrogens is 216 g/mol. The quantitative estimate of drug-likeness (QED) is 0.880. The van der Waals surface area contributed by atoms with Crippen LogP contribution in [-0.4, -0.2) is 4.98 Å². The molecule has 0 saturated heterocycles. The molecule has 1 aromatic heterocycles. The fraction of sp³-hybridized carbons (Fsp3) is 0.308. The van der Waals surface area contributed by atoms with E-state index in [0.29, 0.717) is 0 Å². The van der Waals surface area contributed by atoms with Crippen LogP contribution in [0.2, 0.25) is 0 Å². The van der Waals surface area contributed by atoms with E-state index in [9.17, 15) is 0 Å². The number of aromatic nitrogens is 1. The first-order valence-electron chi connectivity index (χ1n) is 5.59. The normalized spacial score (nSPS) is 17.3. The van der Waals surface area contributed by atoms with Gasteiger partial charge in [-0.25, -0.2) is 4.98 Å². The highest BCUT2D eigenvalue weighted by Gasteiger charge is 2.24. The molecule has 1 saturated carbocycles. The lowest BCUT2D eigenvalue weighted by atomic mass is 10.0. The zero-order chi connectivity index (χ0) is 11.0. The van der Waals surface area contributed by atoms with E-state index in [2.05, 4.69) is 29.2 Å². The molecule has 1 aliphatic rings. The van der Waals surface area contributed by atoms with Gasteiger partial charge in [0, 0.05) is 11.6 Å². The van der Waals surface area contributed by atoms with Crippen LogP contribution in [0.4, 0.5) is 0 Å². The van der Waals surface area contributed by atoms with Crippen LogP contribution in [0.5, 0.6) is 0 Å². The maximum absolute atomic E-state index is 6.20. The van der Waals surface area contributed by atoms with Crippen LogP contribution in [0.3, 0.4) is 0 Å². The van der Waals surface area contributed by atoms with Gasteiger partial charge < -0.3 is 5.73 Å². The van der Waals surface area contributed by atoms with Crippen molar-refractivity contribution in [2.24, 2.45) is 5.73 Å². The van der Waals surface area contributed by atoms with Crippen LogP contribution < -0.4 is 5.73 Å². The topological polar surface area (TPSA) is 38.9 Å². The largest absolute Gasteiger partial charge is 0.318 e. The fourth-order valence-electron chi connectivity index (χ4n) is 1.95. The first-order chi connectivity index (χ1) is 7.84. The third kappa shape index (κ3) is 1.88. The molecule has 3 heteroatoms. The molecule has 2 N–H and O–H groups in total. The molecule has 0 aliphatic heterocycles. The van der Waals surface area contributed by atoms with Crippen molar-refractivity contribution in [3.05, 3.63) is 52.0 Å². The van der Waals surface area contributed by atoms with Crippen LogP contribution >= 0.6 is 11.3 Å². The molecule has 1 unspecified atom stereocenters. The van der Waals surface area contributed by atoms with Crippen molar-refractivity contribution in [1.82, 2.24) is 4.98 Å². The van der Waals surface area contributed by atoms with Crippen LogP contribution in [-0.2, 0) is 0 Å². The van der Waals surface area contributed by atoms with Crippen LogP contribution in [0.15, 0.2) is 35.8 Å². The standard InChI is InChI=1S/C13H14N2S/c14-12(13-15-6-7-16-13)11-3-1-2-10(8-11)9-4-5-9/h1-3,6-9,12H,4-5,14H2. The van der Waals surface area contributed by atoms with Gasteiger partial charge in [0.15, 0.2) is 0 Å². The average Bonchev–Trinajstić information content (AvgIpc) is 3.04. The Morgan fingerprint density at radius 2 is 2.25 bits per heavy atom. The molecule has 0 spiro atoms. The van der Waals surface area contributed by atoms with Crippen molar-refractivity contribution in [3.8, 4) is 0 Å². The van der Waals surface area contributed by atoms with Gasteiger partial charge >= 0.3 is 0 Å². The summed E-state index contributed by atoms with van der Waals surface area (Å²) in [5.41, 5.74) is 8.81. The van der Waals surface area contributed by atoms with Crippen molar-refractivity contribution < 1.29 is 0 Å². The predicted molar refractivity (Wildman–Crippen MR) is 66.6 cm³/mol. The summed E-state index contributed by atoms with van der Waals surface area (Å²) in [5, 5.41) is 2.97. The predicted octanol–water partition coefficient (Wildman–Crippen LogP) is 3.07. The smallest absolute Gasteiger partial charge is 0.114 e. The van der Waals surface area contributed by atoms with E-state index in [4.69, 9.17) is 5.73 Å². The molecule has 2 aromatic rings. The first kappa shape index (κ1) is 10.00. The van der Waals surface area contributed by atoms with Crippen molar-refractivity contribution in [2.45, 2.75) is 24.8 Å². The van der Waals surface area contributed by atoms with E-state index >= 15 is 0 Å². The fourth-order valence-corrected chi connectivity index (χ4v) is 2.62. The Balaban J connectivity index is 1.90. The lowest BCUT2D eigenvalue weighted by Crippen LogP contribution is -2.11. The van der Waals surface area contributed by atoms with Crippen LogP contribution in [0, 0.1) is 0 Å². The Kier molecular flexibility index (Phi) is 2.50. The van der Waals surface area contributed by atoms with E-state index in [0.717, 1.165) is 10.9 Å². The molecule has 0 amide bonds. The van der Waals surface area contributed by atoms with Gasteiger partial charge in [-0.05, 0) is 29.9 Å². The zero-order valence-electron chi connectivity index (χ0n) is 8.97. The molecule has 3 rings (SSSR count). The lowest BCUT2D eigenvalue weighted by molar-refractivity contribution is 0.853. The number of thiazole rings is 1. The molecule has 82 valence electrons. The zero-order valence-corrected chi connectivity index (χ0v) is 9.78. The number of nitrogens with zero attached hydrogens (tertiary/aromatic N) is 1. The Morgan fingerprint density at radius 1 is 1.38 bits per heavy atom. The van der Waals surface area contributed by atoms with Gasteiger partial charge in [0.2, 0.25) is 0 Å². The van der Waals surface area contributed by atoms with Crippen LogP contribution in [0.1, 0.15) is 40.9 Å². The monoisotopic (exact) mass is 230 g/mol. The maximum Gasteiger partial charge on any atom is 0.114 e. The van der Waals surface area contributed by atoms with E-state index in [1.807, 2.05) is 11.6 Å². The van der Waals surface area contributed by atoms with Gasteiger partial charge in [0.1, 0.15) is 5.01 Å². The SMILES string of the molecule is NC(c1cccc(C2CC2)c1)c1nccs1. The Labute approximate surface area is 99.1 Å². The highest BCUT2D eigenvalue weighted by molar-refractivity contribution is 7.09. The molecule has 1 fully saturated rings. The molecule has 1 atom stereocenters. The number of hydrogen-bond acceptors (Lipinski definition) is 3. The maximum atomic E-state index is 6.20. The van der Waals surface area contributed by atoms with Gasteiger partial charge in [0.05, 0.1) is 6.04 Å². The number of nitrogens with two attached hydrogens (primary N) is 1. The Hall–Kier alpha value is -1.19. The summed E-state index contributed by atoms with van der Waals surface area (Å²) in [6, 6.07) is 8.58. The third-order valence-corrected chi connectivity index (χ3v) is 3.89. The van der Waals surface area contributed by atoms with Gasteiger partial charge in [0.25, 0.3) is 0 Å². The van der Waals surface area contributed by atoms with E-state index in [1.165, 1.54) is 24.0 Å². The highest BCUT2D eigenvalue weighted by atomic mass is 32.1. The number of rotatable bonds is 3. The molecule has 1 heterocycles. The molecular formula is C13H14N2S. The average molecular weight is 230 g/mol. The second-order valence-corrected chi connectivity index (χ2v) is 5.22. The lowest BCUT2D eigenvalue weighted by Gasteiger charge is -2.10. The van der Waals surface area contributed by atoms with Crippen molar-refractivity contribution >= 4 is 11.3 Å². The van der Waals surface area contributed by atoms with Crippen molar-refractivity contribution in [3.63, 3.8) is 0 Å². The summed E-state index contributed by atoms with van der Waals surface area (Å²) in [5.74, 6) is 0.781. The molecule has 2 nitrogen and oxygen atoms in total. The van der Waals surface area contributed by atoms with Gasteiger partial charge in [-0.1, -0.05) is 24.3 Å². The third-order valence-electron chi connectivity index (χ3n) is 3.04. The van der Waals surface area contributed by atoms with Gasteiger partial charge in [-0.2, -0.15) is 0 Å². The summed E-state index contributed by atoms with van der Waals surface area (Å²) in [6.45, 7) is 0. The molecule has 16 heavy (non-hydrogen) atoms. The first-order valence-corrected chi connectivity index (χ1v) is 6.47. The Morgan fingerprint density at radius 3 is 2.94 bits per heavy atom. The number of hydrogen-bond donors (Lipinski definition) is 1.